The molecule has 0 saturated carbocycles. The standard InChI is InChI=1S/C20H17Cl2NO2S/c1-23(2)11-14-7-8-15(21)9-16(14)12-3-5-13(6-4-12)17-10-18(22)26-19(17)20(24)25/h3-10H,11H2,1-2H3,(H,24,25). The van der Waals surface area contributed by atoms with Crippen molar-refractivity contribution in [1.82, 2.24) is 4.90 Å². The summed E-state index contributed by atoms with van der Waals surface area (Å²) in [5.41, 5.74) is 4.74. The molecule has 134 valence electrons. The molecule has 0 aliphatic heterocycles. The minimum atomic E-state index is -0.968. The Morgan fingerprint density at radius 3 is 2.19 bits per heavy atom. The van der Waals surface area contributed by atoms with Crippen LogP contribution in [0.2, 0.25) is 9.36 Å². The van der Waals surface area contributed by atoms with Gasteiger partial charge < -0.3 is 10.0 Å². The molecule has 1 heterocycles. The van der Waals surface area contributed by atoms with Crippen molar-refractivity contribution in [1.29, 1.82) is 0 Å². The van der Waals surface area contributed by atoms with E-state index in [1.54, 1.807) is 6.07 Å². The number of hydrogen-bond acceptors (Lipinski definition) is 3. The topological polar surface area (TPSA) is 40.5 Å². The van der Waals surface area contributed by atoms with Crippen molar-refractivity contribution in [3.8, 4) is 22.3 Å². The third-order valence-electron chi connectivity index (χ3n) is 3.96. The van der Waals surface area contributed by atoms with E-state index in [9.17, 15) is 9.90 Å². The Hall–Kier alpha value is -1.85. The van der Waals surface area contributed by atoms with E-state index in [0.29, 0.717) is 14.9 Å². The van der Waals surface area contributed by atoms with E-state index in [2.05, 4.69) is 4.90 Å². The Morgan fingerprint density at radius 1 is 1.00 bits per heavy atom. The molecule has 6 heteroatoms. The maximum Gasteiger partial charge on any atom is 0.346 e. The highest BCUT2D eigenvalue weighted by atomic mass is 35.5. The molecule has 0 saturated heterocycles. The van der Waals surface area contributed by atoms with Gasteiger partial charge in [0.05, 0.1) is 4.34 Å². The summed E-state index contributed by atoms with van der Waals surface area (Å²) < 4.78 is 0.463. The summed E-state index contributed by atoms with van der Waals surface area (Å²) in [5, 5.41) is 10.0. The summed E-state index contributed by atoms with van der Waals surface area (Å²) in [6.07, 6.45) is 0. The number of rotatable bonds is 5. The first-order valence-electron chi connectivity index (χ1n) is 7.91. The molecule has 0 aliphatic rings. The molecule has 0 amide bonds. The maximum absolute atomic E-state index is 11.4. The number of nitrogens with zero attached hydrogens (tertiary/aromatic N) is 1. The lowest BCUT2D eigenvalue weighted by atomic mass is 9.97. The number of aromatic carboxylic acids is 1. The molecule has 0 unspecified atom stereocenters. The molecular weight excluding hydrogens is 389 g/mol. The first-order chi connectivity index (χ1) is 12.3. The SMILES string of the molecule is CN(C)Cc1ccc(Cl)cc1-c1ccc(-c2cc(Cl)sc2C(=O)O)cc1. The summed E-state index contributed by atoms with van der Waals surface area (Å²) in [6.45, 7) is 0.803. The molecule has 3 rings (SSSR count). The Labute approximate surface area is 166 Å². The number of benzene rings is 2. The molecule has 0 aliphatic carbocycles. The molecule has 2 aromatic carbocycles. The fourth-order valence-electron chi connectivity index (χ4n) is 2.86. The highest BCUT2D eigenvalue weighted by molar-refractivity contribution is 7.18. The molecule has 3 aromatic rings. The lowest BCUT2D eigenvalue weighted by Crippen LogP contribution is -2.11. The first kappa shape index (κ1) is 18.9. The van der Waals surface area contributed by atoms with E-state index in [1.807, 2.05) is 56.6 Å². The van der Waals surface area contributed by atoms with Crippen LogP contribution in [0.3, 0.4) is 0 Å². The quantitative estimate of drug-likeness (QED) is 0.553. The fraction of sp³-hybridized carbons (Fsp3) is 0.150. The summed E-state index contributed by atoms with van der Waals surface area (Å²) >= 11 is 13.3. The lowest BCUT2D eigenvalue weighted by Gasteiger charge is -2.15. The Bertz CT molecular complexity index is 949. The zero-order chi connectivity index (χ0) is 18.8. The van der Waals surface area contributed by atoms with Crippen molar-refractivity contribution >= 4 is 40.5 Å². The van der Waals surface area contributed by atoms with E-state index >= 15 is 0 Å². The van der Waals surface area contributed by atoms with Crippen LogP contribution in [-0.4, -0.2) is 30.1 Å². The van der Waals surface area contributed by atoms with Gasteiger partial charge in [-0.05, 0) is 54.5 Å². The second-order valence-corrected chi connectivity index (χ2v) is 8.34. The second-order valence-electron chi connectivity index (χ2n) is 6.22. The average molecular weight is 406 g/mol. The molecule has 1 aromatic heterocycles. The lowest BCUT2D eigenvalue weighted by molar-refractivity contribution is 0.0703. The predicted octanol–water partition coefficient (Wildman–Crippen LogP) is 6.15. The number of carboxylic acids is 1. The third-order valence-corrected chi connectivity index (χ3v) is 5.45. The summed E-state index contributed by atoms with van der Waals surface area (Å²) in [7, 11) is 4.05. The summed E-state index contributed by atoms with van der Waals surface area (Å²) in [5.74, 6) is -0.968. The molecule has 0 fully saturated rings. The van der Waals surface area contributed by atoms with Gasteiger partial charge in [-0.15, -0.1) is 11.3 Å². The zero-order valence-corrected chi connectivity index (χ0v) is 16.6. The van der Waals surface area contributed by atoms with Crippen LogP contribution >= 0.6 is 34.5 Å². The van der Waals surface area contributed by atoms with Crippen molar-refractivity contribution in [3.05, 3.63) is 68.3 Å². The van der Waals surface area contributed by atoms with Crippen LogP contribution in [0.1, 0.15) is 15.2 Å². The highest BCUT2D eigenvalue weighted by Crippen LogP contribution is 2.36. The summed E-state index contributed by atoms with van der Waals surface area (Å²) in [6, 6.07) is 15.4. The van der Waals surface area contributed by atoms with Gasteiger partial charge in [-0.3, -0.25) is 0 Å². The minimum Gasteiger partial charge on any atom is -0.477 e. The molecule has 3 nitrogen and oxygen atoms in total. The highest BCUT2D eigenvalue weighted by Gasteiger charge is 2.16. The van der Waals surface area contributed by atoms with E-state index in [-0.39, 0.29) is 4.88 Å². The number of thiophene rings is 1. The van der Waals surface area contributed by atoms with Crippen LogP contribution in [-0.2, 0) is 6.54 Å². The van der Waals surface area contributed by atoms with Gasteiger partial charge in [-0.2, -0.15) is 0 Å². The number of hydrogen-bond donors (Lipinski definition) is 1. The van der Waals surface area contributed by atoms with Gasteiger partial charge in [0, 0.05) is 17.1 Å². The normalized spacial score (nSPS) is 11.1. The third kappa shape index (κ3) is 4.10. The van der Waals surface area contributed by atoms with E-state index in [4.69, 9.17) is 23.2 Å². The van der Waals surface area contributed by atoms with Crippen molar-refractivity contribution in [2.75, 3.05) is 14.1 Å². The maximum atomic E-state index is 11.4. The van der Waals surface area contributed by atoms with Gasteiger partial charge in [0.2, 0.25) is 0 Å². The van der Waals surface area contributed by atoms with Gasteiger partial charge in [0.15, 0.2) is 0 Å². The smallest absolute Gasteiger partial charge is 0.346 e. The largest absolute Gasteiger partial charge is 0.477 e. The van der Waals surface area contributed by atoms with E-state index in [0.717, 1.165) is 34.6 Å². The molecule has 26 heavy (non-hydrogen) atoms. The molecule has 0 atom stereocenters. The van der Waals surface area contributed by atoms with Gasteiger partial charge in [0.25, 0.3) is 0 Å². The second kappa shape index (κ2) is 7.80. The van der Waals surface area contributed by atoms with Gasteiger partial charge in [-0.1, -0.05) is 53.5 Å². The molecule has 0 radical (unpaired) electrons. The minimum absolute atomic E-state index is 0.249. The Morgan fingerprint density at radius 2 is 1.62 bits per heavy atom. The van der Waals surface area contributed by atoms with Crippen molar-refractivity contribution in [3.63, 3.8) is 0 Å². The van der Waals surface area contributed by atoms with Crippen molar-refractivity contribution in [2.45, 2.75) is 6.54 Å². The Kier molecular flexibility index (Phi) is 5.68. The molecule has 0 bridgehead atoms. The number of halogens is 2. The zero-order valence-electron chi connectivity index (χ0n) is 14.3. The number of carbonyl (C=O) groups is 1. The van der Waals surface area contributed by atoms with Crippen LogP contribution in [0, 0.1) is 0 Å². The molecule has 0 spiro atoms. The number of carboxylic acid groups (broad SMARTS) is 1. The molecular formula is C20H17Cl2NO2S. The van der Waals surface area contributed by atoms with E-state index < -0.39 is 5.97 Å². The van der Waals surface area contributed by atoms with Crippen LogP contribution in [0.5, 0.6) is 0 Å². The predicted molar refractivity (Wildman–Crippen MR) is 110 cm³/mol. The van der Waals surface area contributed by atoms with Crippen LogP contribution in [0.4, 0.5) is 0 Å². The van der Waals surface area contributed by atoms with Gasteiger partial charge in [-0.25, -0.2) is 4.79 Å². The monoisotopic (exact) mass is 405 g/mol. The van der Waals surface area contributed by atoms with Crippen LogP contribution in [0.25, 0.3) is 22.3 Å². The fourth-order valence-corrected chi connectivity index (χ4v) is 4.12. The van der Waals surface area contributed by atoms with E-state index in [1.165, 1.54) is 5.56 Å². The van der Waals surface area contributed by atoms with Crippen molar-refractivity contribution < 1.29 is 9.90 Å². The van der Waals surface area contributed by atoms with Gasteiger partial charge in [0.1, 0.15) is 4.88 Å². The van der Waals surface area contributed by atoms with Crippen LogP contribution < -0.4 is 0 Å². The van der Waals surface area contributed by atoms with Crippen molar-refractivity contribution in [2.24, 2.45) is 0 Å². The summed E-state index contributed by atoms with van der Waals surface area (Å²) in [4.78, 5) is 13.8. The van der Waals surface area contributed by atoms with Gasteiger partial charge >= 0.3 is 5.97 Å². The average Bonchev–Trinajstić information content (AvgIpc) is 2.98. The van der Waals surface area contributed by atoms with Crippen LogP contribution in [0.15, 0.2) is 48.5 Å². The Balaban J connectivity index is 2.01. The first-order valence-corrected chi connectivity index (χ1v) is 9.49. The molecule has 1 N–H and O–H groups in total.